The van der Waals surface area contributed by atoms with E-state index in [2.05, 4.69) is 176 Å². The minimum Gasteiger partial charge on any atom is -0.311 e. The van der Waals surface area contributed by atoms with Gasteiger partial charge in [-0.3, -0.25) is 0 Å². The minimum absolute atomic E-state index is 0.153. The summed E-state index contributed by atoms with van der Waals surface area (Å²) in [6.07, 6.45) is 0. The van der Waals surface area contributed by atoms with Crippen LogP contribution >= 0.6 is 11.8 Å². The average Bonchev–Trinajstić information content (AvgIpc) is 3.41. The highest BCUT2D eigenvalue weighted by molar-refractivity contribution is 8.00. The molecule has 0 bridgehead atoms. The normalized spacial score (nSPS) is 14.5. The van der Waals surface area contributed by atoms with Gasteiger partial charge in [-0.1, -0.05) is 145 Å². The molecule has 0 aliphatic carbocycles. The van der Waals surface area contributed by atoms with E-state index in [0.717, 1.165) is 0 Å². The summed E-state index contributed by atoms with van der Waals surface area (Å²) in [5.74, 6) is 0. The van der Waals surface area contributed by atoms with Crippen molar-refractivity contribution in [3.05, 3.63) is 169 Å². The van der Waals surface area contributed by atoms with Crippen molar-refractivity contribution in [2.75, 3.05) is 4.90 Å². The lowest BCUT2D eigenvalue weighted by atomic mass is 9.35. The van der Waals surface area contributed by atoms with Crippen LogP contribution in [0.15, 0.2) is 174 Å². The molecule has 0 fully saturated rings. The molecule has 0 amide bonds. The number of hydrogen-bond donors (Lipinski definition) is 0. The SMILES string of the molecule is Cc1cc2c3c(c1)N(c1ccccc1)c1cc4c(cc1B3c1ccccc1S2)[Si](c1ccccc1)(c1ccccc1)c1ccccc1-4. The highest BCUT2D eigenvalue weighted by atomic mass is 32.2. The molecule has 0 atom stereocenters. The van der Waals surface area contributed by atoms with Gasteiger partial charge in [0.25, 0.3) is 0 Å². The van der Waals surface area contributed by atoms with Crippen molar-refractivity contribution in [3.63, 3.8) is 0 Å². The maximum absolute atomic E-state index is 2.65. The van der Waals surface area contributed by atoms with Crippen molar-refractivity contribution in [1.82, 2.24) is 0 Å². The molecule has 3 heterocycles. The van der Waals surface area contributed by atoms with E-state index in [1.54, 1.807) is 0 Å². The fourth-order valence-electron chi connectivity index (χ4n) is 8.62. The first-order valence-corrected chi connectivity index (χ1v) is 19.2. The van der Waals surface area contributed by atoms with Gasteiger partial charge in [0.05, 0.1) is 0 Å². The molecule has 0 unspecified atom stereocenters. The van der Waals surface area contributed by atoms with E-state index in [0.29, 0.717) is 0 Å². The third-order valence-corrected chi connectivity index (χ3v) is 16.4. The lowest BCUT2D eigenvalue weighted by Gasteiger charge is -2.41. The molecule has 0 radical (unpaired) electrons. The van der Waals surface area contributed by atoms with E-state index < -0.39 is 8.07 Å². The van der Waals surface area contributed by atoms with Crippen LogP contribution < -0.4 is 42.0 Å². The molecule has 7 aromatic carbocycles. The first kappa shape index (κ1) is 27.1. The van der Waals surface area contributed by atoms with Gasteiger partial charge in [-0.05, 0) is 91.7 Å². The summed E-state index contributed by atoms with van der Waals surface area (Å²) in [6, 6.07) is 62.0. The minimum atomic E-state index is -2.64. The fraction of sp³-hybridized carbons (Fsp3) is 0.0233. The summed E-state index contributed by atoms with van der Waals surface area (Å²) < 4.78 is 0. The zero-order valence-electron chi connectivity index (χ0n) is 26.0. The lowest BCUT2D eigenvalue weighted by Crippen LogP contribution is -2.73. The van der Waals surface area contributed by atoms with Crippen molar-refractivity contribution in [3.8, 4) is 11.1 Å². The number of aryl methyl sites for hydroxylation is 1. The molecule has 4 heteroatoms. The first-order valence-electron chi connectivity index (χ1n) is 16.4. The van der Waals surface area contributed by atoms with Gasteiger partial charge >= 0.3 is 0 Å². The zero-order valence-corrected chi connectivity index (χ0v) is 27.8. The van der Waals surface area contributed by atoms with E-state index in [4.69, 9.17) is 0 Å². The Hall–Kier alpha value is -5.03. The van der Waals surface area contributed by atoms with Crippen LogP contribution in [0.2, 0.25) is 0 Å². The van der Waals surface area contributed by atoms with Crippen molar-refractivity contribution >= 4 is 80.7 Å². The molecular weight excluding hydrogens is 601 g/mol. The Morgan fingerprint density at radius 2 is 1.15 bits per heavy atom. The molecule has 47 heavy (non-hydrogen) atoms. The topological polar surface area (TPSA) is 3.24 Å². The van der Waals surface area contributed by atoms with Crippen LogP contribution in [0.3, 0.4) is 0 Å². The van der Waals surface area contributed by atoms with Crippen molar-refractivity contribution in [2.24, 2.45) is 0 Å². The summed E-state index contributed by atoms with van der Waals surface area (Å²) in [5.41, 5.74) is 12.0. The molecular formula is C43H30BNSSi. The quantitative estimate of drug-likeness (QED) is 0.217. The highest BCUT2D eigenvalue weighted by Crippen LogP contribution is 2.43. The van der Waals surface area contributed by atoms with Gasteiger partial charge in [0, 0.05) is 26.9 Å². The largest absolute Gasteiger partial charge is 0.311 e. The molecule has 0 saturated carbocycles. The number of para-hydroxylation sites is 1. The van der Waals surface area contributed by atoms with Crippen molar-refractivity contribution in [1.29, 1.82) is 0 Å². The Morgan fingerprint density at radius 1 is 0.511 bits per heavy atom. The molecule has 3 aliphatic rings. The van der Waals surface area contributed by atoms with Gasteiger partial charge in [0.2, 0.25) is 6.71 Å². The molecule has 0 N–H and O–H groups in total. The summed E-state index contributed by atoms with van der Waals surface area (Å²) in [4.78, 5) is 5.27. The molecule has 0 spiro atoms. The molecule has 10 rings (SSSR count). The second kappa shape index (κ2) is 10.2. The van der Waals surface area contributed by atoms with Gasteiger partial charge in [0.15, 0.2) is 8.07 Å². The third-order valence-electron chi connectivity index (χ3n) is 10.4. The summed E-state index contributed by atoms with van der Waals surface area (Å²) >= 11 is 1.93. The van der Waals surface area contributed by atoms with Gasteiger partial charge < -0.3 is 4.90 Å². The highest BCUT2D eigenvalue weighted by Gasteiger charge is 2.50. The van der Waals surface area contributed by atoms with E-state index in [1.165, 1.54) is 80.7 Å². The van der Waals surface area contributed by atoms with Crippen LogP contribution in [-0.4, -0.2) is 14.8 Å². The Kier molecular flexibility index (Phi) is 5.91. The maximum Gasteiger partial charge on any atom is 0.249 e. The predicted molar refractivity (Wildman–Crippen MR) is 204 cm³/mol. The standard InChI is InChI=1S/C43H30BNSSi/c1-29-25-38-43-40(26-29)46-39-23-13-12-22-35(39)44(43)36-28-42-34(27-37(36)45(38)30-15-5-2-6-16-30)33-21-11-14-24-41(33)47(42,31-17-7-3-8-18-31)32-19-9-4-10-20-32/h2-28H,1H3. The van der Waals surface area contributed by atoms with Crippen LogP contribution in [0.4, 0.5) is 17.1 Å². The van der Waals surface area contributed by atoms with Gasteiger partial charge in [-0.2, -0.15) is 0 Å². The van der Waals surface area contributed by atoms with Crippen LogP contribution in [0.1, 0.15) is 5.56 Å². The maximum atomic E-state index is 2.65. The number of rotatable bonds is 3. The van der Waals surface area contributed by atoms with Crippen LogP contribution in [-0.2, 0) is 0 Å². The fourth-order valence-corrected chi connectivity index (χ4v) is 15.1. The summed E-state index contributed by atoms with van der Waals surface area (Å²) in [7, 11) is -2.64. The number of fused-ring (bicyclic) bond motifs is 7. The zero-order chi connectivity index (χ0) is 31.1. The molecule has 0 saturated heterocycles. The van der Waals surface area contributed by atoms with Crippen LogP contribution in [0, 0.1) is 6.92 Å². The molecule has 1 nitrogen and oxygen atoms in total. The van der Waals surface area contributed by atoms with Crippen molar-refractivity contribution < 1.29 is 0 Å². The van der Waals surface area contributed by atoms with E-state index in [1.807, 2.05) is 11.8 Å². The molecule has 3 aliphatic heterocycles. The molecule has 7 aromatic rings. The Balaban J connectivity index is 1.37. The van der Waals surface area contributed by atoms with Crippen LogP contribution in [0.25, 0.3) is 11.1 Å². The Bertz CT molecular complexity index is 2320. The second-order valence-electron chi connectivity index (χ2n) is 12.9. The number of nitrogens with zero attached hydrogens (tertiary/aromatic N) is 1. The van der Waals surface area contributed by atoms with E-state index in [9.17, 15) is 0 Å². The number of anilines is 3. The average molecular weight is 632 g/mol. The molecule has 0 aromatic heterocycles. The predicted octanol–water partition coefficient (Wildman–Crippen LogP) is 6.12. The number of benzene rings is 7. The van der Waals surface area contributed by atoms with E-state index >= 15 is 0 Å². The van der Waals surface area contributed by atoms with Gasteiger partial charge in [-0.15, -0.1) is 0 Å². The smallest absolute Gasteiger partial charge is 0.249 e. The monoisotopic (exact) mass is 631 g/mol. The van der Waals surface area contributed by atoms with Crippen molar-refractivity contribution in [2.45, 2.75) is 16.7 Å². The third kappa shape index (κ3) is 3.74. The Labute approximate surface area is 281 Å². The van der Waals surface area contributed by atoms with E-state index in [-0.39, 0.29) is 6.71 Å². The van der Waals surface area contributed by atoms with Crippen LogP contribution in [0.5, 0.6) is 0 Å². The van der Waals surface area contributed by atoms with Gasteiger partial charge in [0.1, 0.15) is 0 Å². The molecule has 220 valence electrons. The second-order valence-corrected chi connectivity index (χ2v) is 17.7. The lowest BCUT2D eigenvalue weighted by molar-refractivity contribution is 1.25. The van der Waals surface area contributed by atoms with Gasteiger partial charge in [-0.25, -0.2) is 0 Å². The number of hydrogen-bond acceptors (Lipinski definition) is 2. The summed E-state index contributed by atoms with van der Waals surface area (Å²) in [5, 5.41) is 5.85. The first-order chi connectivity index (χ1) is 23.2. The Morgan fingerprint density at radius 3 is 1.89 bits per heavy atom. The summed E-state index contributed by atoms with van der Waals surface area (Å²) in [6.45, 7) is 2.39.